The smallest absolute Gasteiger partial charge is 0.264 e. The molecule has 27 heavy (non-hydrogen) atoms. The Bertz CT molecular complexity index is 1120. The zero-order valence-electron chi connectivity index (χ0n) is 14.2. The fraction of sp³-hybridized carbons (Fsp3) is 0.111. The summed E-state index contributed by atoms with van der Waals surface area (Å²) in [6, 6.07) is 14.8. The Labute approximate surface area is 163 Å². The summed E-state index contributed by atoms with van der Waals surface area (Å²) in [6.45, 7) is 1.82. The van der Waals surface area contributed by atoms with E-state index in [0.29, 0.717) is 26.7 Å². The lowest BCUT2D eigenvalue weighted by Gasteiger charge is -2.07. The van der Waals surface area contributed by atoms with Crippen molar-refractivity contribution >= 4 is 38.9 Å². The molecule has 136 valence electrons. The summed E-state index contributed by atoms with van der Waals surface area (Å²) in [7, 11) is 0. The Hall–Kier alpha value is -2.97. The van der Waals surface area contributed by atoms with E-state index in [-0.39, 0.29) is 12.5 Å². The lowest BCUT2D eigenvalue weighted by molar-refractivity contribution is -0.118. The van der Waals surface area contributed by atoms with Crippen LogP contribution in [0, 0.1) is 6.92 Å². The highest BCUT2D eigenvalue weighted by atomic mass is 35.5. The molecule has 0 saturated carbocycles. The van der Waals surface area contributed by atoms with Gasteiger partial charge in [-0.05, 0) is 30.7 Å². The van der Waals surface area contributed by atoms with Crippen LogP contribution >= 0.6 is 22.9 Å². The van der Waals surface area contributed by atoms with Gasteiger partial charge < -0.3 is 4.74 Å². The summed E-state index contributed by atoms with van der Waals surface area (Å²) in [5.74, 6) is 0.932. The van der Waals surface area contributed by atoms with E-state index < -0.39 is 0 Å². The molecule has 2 heterocycles. The maximum Gasteiger partial charge on any atom is 0.264 e. The van der Waals surface area contributed by atoms with Gasteiger partial charge >= 0.3 is 0 Å². The van der Waals surface area contributed by atoms with Crippen LogP contribution in [0.1, 0.15) is 5.56 Å². The monoisotopic (exact) mass is 399 g/mol. The van der Waals surface area contributed by atoms with E-state index in [1.165, 1.54) is 11.3 Å². The number of amides is 1. The van der Waals surface area contributed by atoms with E-state index >= 15 is 0 Å². The second kappa shape index (κ2) is 7.34. The Morgan fingerprint density at radius 1 is 1.22 bits per heavy atom. The highest BCUT2D eigenvalue weighted by Crippen LogP contribution is 2.25. The Kier molecular flexibility index (Phi) is 4.74. The zero-order chi connectivity index (χ0) is 18.8. The van der Waals surface area contributed by atoms with Crippen molar-refractivity contribution in [1.82, 2.24) is 19.8 Å². The van der Waals surface area contributed by atoms with Crippen LogP contribution in [-0.4, -0.2) is 32.3 Å². The Morgan fingerprint density at radius 2 is 2.07 bits per heavy atom. The minimum absolute atomic E-state index is 0.105. The summed E-state index contributed by atoms with van der Waals surface area (Å²) in [6.07, 6.45) is 0. The van der Waals surface area contributed by atoms with Crippen LogP contribution in [0.25, 0.3) is 16.3 Å². The van der Waals surface area contributed by atoms with Crippen LogP contribution in [-0.2, 0) is 4.79 Å². The molecule has 7 nitrogen and oxygen atoms in total. The van der Waals surface area contributed by atoms with Crippen molar-refractivity contribution < 1.29 is 9.53 Å². The van der Waals surface area contributed by atoms with Crippen molar-refractivity contribution in [2.24, 2.45) is 0 Å². The van der Waals surface area contributed by atoms with Gasteiger partial charge in [0, 0.05) is 10.6 Å². The molecule has 2 aromatic carbocycles. The van der Waals surface area contributed by atoms with Crippen molar-refractivity contribution in [1.29, 1.82) is 0 Å². The quantitative estimate of drug-likeness (QED) is 0.551. The first-order chi connectivity index (χ1) is 13.1. The molecular formula is C18H14ClN5O2S. The molecule has 2 aromatic heterocycles. The third kappa shape index (κ3) is 3.76. The number of carbonyl (C=O) groups excluding carboxylic acids is 1. The van der Waals surface area contributed by atoms with E-state index in [0.717, 1.165) is 11.1 Å². The second-order valence-corrected chi connectivity index (χ2v) is 7.13. The van der Waals surface area contributed by atoms with Crippen molar-refractivity contribution in [3.63, 3.8) is 0 Å². The molecule has 0 aliphatic carbocycles. The predicted molar refractivity (Wildman–Crippen MR) is 104 cm³/mol. The average Bonchev–Trinajstić information content (AvgIpc) is 3.21. The van der Waals surface area contributed by atoms with Gasteiger partial charge in [0.15, 0.2) is 12.4 Å². The third-order valence-corrected chi connectivity index (χ3v) is 4.82. The molecule has 0 bridgehead atoms. The molecule has 4 aromatic rings. The number of nitrogens with zero attached hydrogens (tertiary/aromatic N) is 4. The SMILES string of the molecule is Cc1ccccc1OCC(=O)Nc1nn2c(-c3cccc(Cl)c3)nnc2s1. The molecule has 4 rings (SSSR count). The minimum Gasteiger partial charge on any atom is -0.483 e. The molecule has 0 spiro atoms. The molecule has 0 radical (unpaired) electrons. The number of halogens is 1. The minimum atomic E-state index is -0.299. The van der Waals surface area contributed by atoms with E-state index in [2.05, 4.69) is 20.6 Å². The van der Waals surface area contributed by atoms with Gasteiger partial charge in [0.25, 0.3) is 5.91 Å². The first kappa shape index (κ1) is 17.4. The van der Waals surface area contributed by atoms with Crippen LogP contribution < -0.4 is 10.1 Å². The Balaban J connectivity index is 1.48. The second-order valence-electron chi connectivity index (χ2n) is 5.74. The zero-order valence-corrected chi connectivity index (χ0v) is 15.8. The molecule has 0 aliphatic heterocycles. The Morgan fingerprint density at radius 3 is 2.89 bits per heavy atom. The first-order valence-corrected chi connectivity index (χ1v) is 9.26. The number of benzene rings is 2. The van der Waals surface area contributed by atoms with Gasteiger partial charge in [-0.15, -0.1) is 15.3 Å². The number of aromatic nitrogens is 4. The number of ether oxygens (including phenoxy) is 1. The molecule has 0 unspecified atom stereocenters. The van der Waals surface area contributed by atoms with Crippen molar-refractivity contribution in [3.8, 4) is 17.1 Å². The number of rotatable bonds is 5. The fourth-order valence-corrected chi connectivity index (χ4v) is 3.44. The molecule has 0 aliphatic rings. The predicted octanol–water partition coefficient (Wildman–Crippen LogP) is 3.83. The maximum atomic E-state index is 12.2. The van der Waals surface area contributed by atoms with Crippen molar-refractivity contribution in [3.05, 3.63) is 59.1 Å². The number of hydrogen-bond donors (Lipinski definition) is 1. The number of nitrogens with one attached hydrogen (secondary N) is 1. The standard InChI is InChI=1S/C18H14ClN5O2S/c1-11-5-2-3-8-14(11)26-10-15(25)20-17-23-24-16(21-22-18(24)27-17)12-6-4-7-13(19)9-12/h2-9H,10H2,1H3,(H,20,23,25). The van der Waals surface area contributed by atoms with Crippen LogP contribution in [0.5, 0.6) is 5.75 Å². The summed E-state index contributed by atoms with van der Waals surface area (Å²) in [5.41, 5.74) is 1.76. The van der Waals surface area contributed by atoms with E-state index in [4.69, 9.17) is 16.3 Å². The van der Waals surface area contributed by atoms with Gasteiger partial charge in [-0.2, -0.15) is 4.52 Å². The number of anilines is 1. The highest BCUT2D eigenvalue weighted by molar-refractivity contribution is 7.20. The van der Waals surface area contributed by atoms with Crippen LogP contribution in [0.4, 0.5) is 5.13 Å². The molecule has 0 saturated heterocycles. The normalized spacial score (nSPS) is 10.9. The van der Waals surface area contributed by atoms with Crippen LogP contribution in [0.2, 0.25) is 5.02 Å². The highest BCUT2D eigenvalue weighted by Gasteiger charge is 2.15. The molecule has 0 fully saturated rings. The number of aryl methyl sites for hydroxylation is 1. The summed E-state index contributed by atoms with van der Waals surface area (Å²) in [4.78, 5) is 12.7. The van der Waals surface area contributed by atoms with Crippen LogP contribution in [0.15, 0.2) is 48.5 Å². The van der Waals surface area contributed by atoms with Gasteiger partial charge in [-0.1, -0.05) is 53.3 Å². The largest absolute Gasteiger partial charge is 0.483 e. The molecular weight excluding hydrogens is 386 g/mol. The molecule has 1 amide bonds. The molecule has 9 heteroatoms. The first-order valence-electron chi connectivity index (χ1n) is 8.06. The van der Waals surface area contributed by atoms with Gasteiger partial charge in [-0.25, -0.2) is 0 Å². The van der Waals surface area contributed by atoms with Crippen molar-refractivity contribution in [2.75, 3.05) is 11.9 Å². The fourth-order valence-electron chi connectivity index (χ4n) is 2.49. The van der Waals surface area contributed by atoms with Gasteiger partial charge in [0.1, 0.15) is 5.75 Å². The van der Waals surface area contributed by atoms with Gasteiger partial charge in [0.05, 0.1) is 0 Å². The number of fused-ring (bicyclic) bond motifs is 1. The lowest BCUT2D eigenvalue weighted by atomic mass is 10.2. The third-order valence-electron chi connectivity index (χ3n) is 3.77. The van der Waals surface area contributed by atoms with Crippen molar-refractivity contribution in [2.45, 2.75) is 6.92 Å². The van der Waals surface area contributed by atoms with E-state index in [1.54, 1.807) is 16.6 Å². The molecule has 0 atom stereocenters. The number of hydrogen-bond acceptors (Lipinski definition) is 6. The number of para-hydroxylation sites is 1. The maximum absolute atomic E-state index is 12.2. The number of carbonyl (C=O) groups is 1. The lowest BCUT2D eigenvalue weighted by Crippen LogP contribution is -2.20. The summed E-state index contributed by atoms with van der Waals surface area (Å²) in [5, 5.41) is 16.4. The summed E-state index contributed by atoms with van der Waals surface area (Å²) >= 11 is 7.27. The van der Waals surface area contributed by atoms with E-state index in [9.17, 15) is 4.79 Å². The average molecular weight is 400 g/mol. The van der Waals surface area contributed by atoms with Gasteiger partial charge in [-0.3, -0.25) is 10.1 Å². The van der Waals surface area contributed by atoms with E-state index in [1.807, 2.05) is 43.3 Å². The molecule has 1 N–H and O–H groups in total. The van der Waals surface area contributed by atoms with Crippen LogP contribution in [0.3, 0.4) is 0 Å². The van der Waals surface area contributed by atoms with Gasteiger partial charge in [0.2, 0.25) is 10.1 Å². The summed E-state index contributed by atoms with van der Waals surface area (Å²) < 4.78 is 7.13. The topological polar surface area (TPSA) is 81.4 Å².